The van der Waals surface area contributed by atoms with E-state index in [1.807, 2.05) is 39.8 Å². The molecule has 0 spiro atoms. The monoisotopic (exact) mass is 598 g/mol. The van der Waals surface area contributed by atoms with E-state index in [-0.39, 0.29) is 54.5 Å². The van der Waals surface area contributed by atoms with E-state index in [2.05, 4.69) is 17.2 Å². The van der Waals surface area contributed by atoms with Crippen molar-refractivity contribution in [2.75, 3.05) is 33.4 Å². The van der Waals surface area contributed by atoms with Crippen molar-refractivity contribution in [1.82, 2.24) is 0 Å². The van der Waals surface area contributed by atoms with E-state index in [1.165, 1.54) is 13.2 Å². The number of esters is 1. The van der Waals surface area contributed by atoms with Crippen molar-refractivity contribution in [2.45, 2.75) is 71.2 Å². The first-order valence-corrected chi connectivity index (χ1v) is 15.4. The second-order valence-corrected chi connectivity index (χ2v) is 12.5. The molecule has 0 aliphatic carbocycles. The molecule has 0 saturated carbocycles. The van der Waals surface area contributed by atoms with Gasteiger partial charge in [0.25, 0.3) is 10.1 Å². The molecule has 0 amide bonds. The highest BCUT2D eigenvalue weighted by Gasteiger charge is 2.42. The first kappa shape index (κ1) is 33.0. The molecule has 41 heavy (non-hydrogen) atoms. The van der Waals surface area contributed by atoms with Crippen LogP contribution in [0.4, 0.5) is 0 Å². The van der Waals surface area contributed by atoms with Crippen molar-refractivity contribution in [3.05, 3.63) is 41.5 Å². The van der Waals surface area contributed by atoms with Crippen LogP contribution in [0.25, 0.3) is 6.08 Å². The highest BCUT2D eigenvalue weighted by molar-refractivity contribution is 7.85. The summed E-state index contributed by atoms with van der Waals surface area (Å²) in [5.41, 5.74) is 0.635. The summed E-state index contributed by atoms with van der Waals surface area (Å²) in [6.45, 7) is 8.77. The zero-order valence-electron chi connectivity index (χ0n) is 24.7. The SMILES string of the molecule is COCOc1cc(OCC(O)COS(C)(=O)=O)cc2c1C(=O)O[C@@H](C)[C@H](C)/C=C\C(C)[C@H]1OC(C)(C)O[C@H]1C/C=C/2. The molecular formula is C29H42O11S. The molecule has 0 radical (unpaired) electrons. The molecular weight excluding hydrogens is 556 g/mol. The van der Waals surface area contributed by atoms with Gasteiger partial charge in [0, 0.05) is 25.0 Å². The first-order chi connectivity index (χ1) is 19.2. The van der Waals surface area contributed by atoms with Gasteiger partial charge in [-0.25, -0.2) is 4.79 Å². The average Bonchev–Trinajstić information content (AvgIpc) is 3.20. The molecule has 1 N–H and O–H groups in total. The number of hydrogen-bond acceptors (Lipinski definition) is 11. The van der Waals surface area contributed by atoms with E-state index in [9.17, 15) is 18.3 Å². The molecule has 1 aromatic carbocycles. The Hall–Kier alpha value is -2.48. The van der Waals surface area contributed by atoms with Crippen LogP contribution >= 0.6 is 0 Å². The topological polar surface area (TPSA) is 136 Å². The Labute approximate surface area is 242 Å². The van der Waals surface area contributed by atoms with Crippen molar-refractivity contribution in [2.24, 2.45) is 11.8 Å². The van der Waals surface area contributed by atoms with E-state index in [1.54, 1.807) is 12.1 Å². The zero-order chi connectivity index (χ0) is 30.4. The zero-order valence-corrected chi connectivity index (χ0v) is 25.5. The number of carbonyl (C=O) groups is 1. The number of fused-ring (bicyclic) bond motifs is 2. The maximum Gasteiger partial charge on any atom is 0.342 e. The number of aliphatic hydroxyl groups is 1. The van der Waals surface area contributed by atoms with Crippen molar-refractivity contribution in [3.8, 4) is 11.5 Å². The molecule has 6 atom stereocenters. The Bertz CT molecular complexity index is 1210. The summed E-state index contributed by atoms with van der Waals surface area (Å²) in [5.74, 6) is -0.919. The number of aliphatic hydroxyl groups excluding tert-OH is 1. The van der Waals surface area contributed by atoms with E-state index < -0.39 is 40.7 Å². The lowest BCUT2D eigenvalue weighted by atomic mass is 9.94. The van der Waals surface area contributed by atoms with Crippen molar-refractivity contribution in [1.29, 1.82) is 0 Å². The number of ether oxygens (including phenoxy) is 6. The van der Waals surface area contributed by atoms with E-state index in [4.69, 9.17) is 28.4 Å². The molecule has 0 aromatic heterocycles. The third-order valence-corrected chi connectivity index (χ3v) is 7.28. The second kappa shape index (κ2) is 14.1. The summed E-state index contributed by atoms with van der Waals surface area (Å²) in [6, 6.07) is 3.11. The van der Waals surface area contributed by atoms with Gasteiger partial charge < -0.3 is 33.5 Å². The van der Waals surface area contributed by atoms with Crippen LogP contribution in [0.2, 0.25) is 0 Å². The third kappa shape index (κ3) is 9.79. The van der Waals surface area contributed by atoms with Gasteiger partial charge in [0.2, 0.25) is 0 Å². The minimum Gasteiger partial charge on any atom is -0.491 e. The van der Waals surface area contributed by atoms with Crippen LogP contribution in [0.15, 0.2) is 30.4 Å². The third-order valence-electron chi connectivity index (χ3n) is 6.72. The summed E-state index contributed by atoms with van der Waals surface area (Å²) in [6.07, 6.45) is 7.08. The Morgan fingerprint density at radius 1 is 1.07 bits per heavy atom. The molecule has 230 valence electrons. The molecule has 0 bridgehead atoms. The Balaban J connectivity index is 1.99. The first-order valence-electron chi connectivity index (χ1n) is 13.6. The molecule has 2 aliphatic rings. The van der Waals surface area contributed by atoms with E-state index in [0.29, 0.717) is 12.0 Å². The molecule has 1 saturated heterocycles. The van der Waals surface area contributed by atoms with Crippen LogP contribution < -0.4 is 9.47 Å². The van der Waals surface area contributed by atoms with Gasteiger partial charge in [0.1, 0.15) is 35.9 Å². The predicted octanol–water partition coefficient (Wildman–Crippen LogP) is 3.70. The van der Waals surface area contributed by atoms with Gasteiger partial charge in [-0.1, -0.05) is 38.2 Å². The molecule has 2 aliphatic heterocycles. The minimum atomic E-state index is -3.72. The summed E-state index contributed by atoms with van der Waals surface area (Å²) >= 11 is 0. The van der Waals surface area contributed by atoms with Crippen molar-refractivity contribution < 1.29 is 50.9 Å². The maximum atomic E-state index is 13.5. The van der Waals surface area contributed by atoms with Gasteiger partial charge in [0.15, 0.2) is 12.6 Å². The Kier molecular flexibility index (Phi) is 11.4. The summed E-state index contributed by atoms with van der Waals surface area (Å²) in [4.78, 5) is 13.5. The Morgan fingerprint density at radius 3 is 2.46 bits per heavy atom. The summed E-state index contributed by atoms with van der Waals surface area (Å²) in [7, 11) is -2.27. The average molecular weight is 599 g/mol. The predicted molar refractivity (Wildman–Crippen MR) is 151 cm³/mol. The van der Waals surface area contributed by atoms with Crippen LogP contribution in [0.5, 0.6) is 11.5 Å². The maximum absolute atomic E-state index is 13.5. The van der Waals surface area contributed by atoms with Crippen LogP contribution in [0.3, 0.4) is 0 Å². The second-order valence-electron chi connectivity index (χ2n) is 10.9. The molecule has 3 rings (SSSR count). The molecule has 2 unspecified atom stereocenters. The molecule has 12 heteroatoms. The lowest BCUT2D eigenvalue weighted by molar-refractivity contribution is -0.148. The van der Waals surface area contributed by atoms with Crippen LogP contribution in [-0.2, 0) is 33.2 Å². The van der Waals surface area contributed by atoms with Gasteiger partial charge in [-0.3, -0.25) is 4.18 Å². The fourth-order valence-electron chi connectivity index (χ4n) is 4.49. The normalized spacial score (nSPS) is 28.9. The number of methoxy groups -OCH3 is 1. The van der Waals surface area contributed by atoms with E-state index in [0.717, 1.165) is 6.26 Å². The highest BCUT2D eigenvalue weighted by atomic mass is 32.2. The van der Waals surface area contributed by atoms with Crippen LogP contribution in [0.1, 0.15) is 57.0 Å². The smallest absolute Gasteiger partial charge is 0.342 e. The van der Waals surface area contributed by atoms with E-state index >= 15 is 0 Å². The molecule has 2 heterocycles. The summed E-state index contributed by atoms with van der Waals surface area (Å²) in [5, 5.41) is 10.1. The number of hydrogen-bond donors (Lipinski definition) is 1. The van der Waals surface area contributed by atoms with Gasteiger partial charge >= 0.3 is 5.97 Å². The molecule has 1 aromatic rings. The fourth-order valence-corrected chi connectivity index (χ4v) is 4.90. The van der Waals surface area contributed by atoms with Gasteiger partial charge in [-0.2, -0.15) is 8.42 Å². The van der Waals surface area contributed by atoms with Crippen LogP contribution in [0, 0.1) is 11.8 Å². The number of rotatable bonds is 9. The largest absolute Gasteiger partial charge is 0.491 e. The number of benzene rings is 1. The van der Waals surface area contributed by atoms with Crippen molar-refractivity contribution in [3.63, 3.8) is 0 Å². The molecule has 11 nitrogen and oxygen atoms in total. The lowest BCUT2D eigenvalue weighted by Crippen LogP contribution is -2.29. The van der Waals surface area contributed by atoms with Crippen LogP contribution in [-0.4, -0.2) is 83.1 Å². The quantitative estimate of drug-likeness (QED) is 0.193. The fraction of sp³-hybridized carbons (Fsp3) is 0.621. The van der Waals surface area contributed by atoms with Gasteiger partial charge in [0.05, 0.1) is 25.1 Å². The van der Waals surface area contributed by atoms with Gasteiger partial charge in [-0.05, 0) is 38.8 Å². The van der Waals surface area contributed by atoms with Crippen molar-refractivity contribution >= 4 is 22.2 Å². The summed E-state index contributed by atoms with van der Waals surface area (Å²) < 4.78 is 61.9. The number of carbonyl (C=O) groups excluding carboxylic acids is 1. The molecule has 1 fully saturated rings. The van der Waals surface area contributed by atoms with Gasteiger partial charge in [-0.15, -0.1) is 0 Å². The lowest BCUT2D eigenvalue weighted by Gasteiger charge is -2.23. The highest BCUT2D eigenvalue weighted by Crippen LogP contribution is 2.36. The minimum absolute atomic E-state index is 0.0582. The number of cyclic esters (lactones) is 1. The standard InChI is InChI=1S/C29H42O11S/c1-18-11-12-19(2)27-24(39-29(4,5)40-27)10-8-9-21-13-23(35-15-22(30)16-37-41(7,32)33)14-25(36-17-34-6)26(21)28(31)38-20(18)3/h8-9,11-14,18-20,22,24,27,30H,10,15-17H2,1-7H3/b9-8+,12-11-/t18-,19?,20+,22?,24+,27-/m1/s1. The Morgan fingerprint density at radius 2 is 1.78 bits per heavy atom.